The fourth-order valence-corrected chi connectivity index (χ4v) is 19.9. The highest BCUT2D eigenvalue weighted by atomic mass is 32.2. The fourth-order valence-electron chi connectivity index (χ4n) is 16.0. The third-order valence-corrected chi connectivity index (χ3v) is 21.5. The highest BCUT2D eigenvalue weighted by Crippen LogP contribution is 2.60. The summed E-state index contributed by atoms with van der Waals surface area (Å²) in [6.07, 6.45) is 23.2. The molecule has 10 aliphatic rings. The van der Waals surface area contributed by atoms with Crippen molar-refractivity contribution in [2.45, 2.75) is 203 Å². The highest BCUT2D eigenvalue weighted by Gasteiger charge is 2.67. The molecule has 5 aliphatic carbocycles. The van der Waals surface area contributed by atoms with Crippen molar-refractivity contribution >= 4 is 40.6 Å². The second kappa shape index (κ2) is 13.5. The van der Waals surface area contributed by atoms with Gasteiger partial charge < -0.3 is 4.90 Å². The van der Waals surface area contributed by atoms with Crippen LogP contribution in [0.15, 0.2) is 72.8 Å². The van der Waals surface area contributed by atoms with Gasteiger partial charge in [0.05, 0.1) is 11.4 Å². The normalized spacial score (nSPS) is 42.9. The molecule has 0 amide bonds. The van der Waals surface area contributed by atoms with E-state index in [9.17, 15) is 0 Å². The van der Waals surface area contributed by atoms with Crippen LogP contribution < -0.4 is 4.90 Å². The van der Waals surface area contributed by atoms with Crippen molar-refractivity contribution in [3.05, 3.63) is 89.5 Å². The maximum atomic E-state index is 3.40. The summed E-state index contributed by atoms with van der Waals surface area (Å²) in [6.45, 7) is 4.81. The quantitative estimate of drug-likeness (QED) is 0.254. The number of nitrogens with zero attached hydrogens (tertiary/aromatic N) is 4. The lowest BCUT2D eigenvalue weighted by Gasteiger charge is -2.75. The lowest BCUT2D eigenvalue weighted by Crippen LogP contribution is -2.87. The van der Waals surface area contributed by atoms with Gasteiger partial charge >= 0.3 is 0 Å². The van der Waals surface area contributed by atoms with Gasteiger partial charge in [-0.1, -0.05) is 101 Å². The van der Waals surface area contributed by atoms with E-state index in [0.29, 0.717) is 18.0 Å². The summed E-state index contributed by atoms with van der Waals surface area (Å²) in [7, 11) is 0. The predicted molar refractivity (Wildman–Crippen MR) is 240 cm³/mol. The summed E-state index contributed by atoms with van der Waals surface area (Å²) >= 11 is 5.01. The summed E-state index contributed by atoms with van der Waals surface area (Å²) in [5, 5.41) is 3.44. The van der Waals surface area contributed by atoms with Gasteiger partial charge in [0.15, 0.2) is 0 Å². The predicted octanol–water partition coefficient (Wildman–Crippen LogP) is 11.4. The van der Waals surface area contributed by atoms with Crippen LogP contribution >= 0.6 is 23.5 Å². The number of anilines is 3. The standard InChI is InChI=1S/C51H64N4S2/c1-51(2)34-13-3-5-15-36(34)52(37-16-6-4-14-35(37)51)33-27-25-31(26-28-33)32-29-42-48-43(30-32)54-39-18-8-10-22-45(39)57-47-24-12-20-41(50(47)54)55(48)40-19-11-23-46-49(40)53(42)38-17-7-9-21-44(38)56-46/h3-6,13-16,25-28,32,38-50H,7-12,17-24,29-30H2,1-2H3. The summed E-state index contributed by atoms with van der Waals surface area (Å²) in [5.74, 6) is 0.623. The van der Waals surface area contributed by atoms with Gasteiger partial charge in [-0.05, 0) is 111 Å². The van der Waals surface area contributed by atoms with Crippen molar-refractivity contribution in [3.8, 4) is 0 Å². The molecule has 6 heteroatoms. The number of hydrogen-bond acceptors (Lipinski definition) is 6. The zero-order valence-electron chi connectivity index (χ0n) is 34.4. The number of hydrogen-bond donors (Lipinski definition) is 0. The third-order valence-electron chi connectivity index (χ3n) is 18.0. The molecule has 300 valence electrons. The van der Waals surface area contributed by atoms with Crippen molar-refractivity contribution < 1.29 is 0 Å². The largest absolute Gasteiger partial charge is 0.310 e. The molecule has 9 fully saturated rings. The molecular weight excluding hydrogens is 733 g/mol. The molecule has 0 spiro atoms. The van der Waals surface area contributed by atoms with Gasteiger partial charge in [0.1, 0.15) is 0 Å². The van der Waals surface area contributed by atoms with E-state index in [2.05, 4.69) is 130 Å². The Morgan fingerprint density at radius 1 is 0.456 bits per heavy atom. The molecular formula is C51H64N4S2. The zero-order chi connectivity index (χ0) is 37.6. The Labute approximate surface area is 351 Å². The Bertz CT molecular complexity index is 1900. The van der Waals surface area contributed by atoms with Crippen LogP contribution in [0.5, 0.6) is 0 Å². The van der Waals surface area contributed by atoms with Crippen molar-refractivity contribution in [3.63, 3.8) is 0 Å². The van der Waals surface area contributed by atoms with Crippen LogP contribution in [0.1, 0.15) is 139 Å². The Hall–Kier alpha value is -1.96. The van der Waals surface area contributed by atoms with Crippen LogP contribution in [0.4, 0.5) is 17.1 Å². The van der Waals surface area contributed by atoms with E-state index in [4.69, 9.17) is 0 Å². The summed E-state index contributed by atoms with van der Waals surface area (Å²) in [5.41, 5.74) is 8.41. The van der Waals surface area contributed by atoms with E-state index >= 15 is 0 Å². The Morgan fingerprint density at radius 2 is 0.912 bits per heavy atom. The van der Waals surface area contributed by atoms with Gasteiger partial charge in [-0.25, -0.2) is 0 Å². The van der Waals surface area contributed by atoms with Crippen LogP contribution in [0, 0.1) is 0 Å². The van der Waals surface area contributed by atoms with Gasteiger partial charge in [-0.15, -0.1) is 0 Å². The first-order valence-electron chi connectivity index (χ1n) is 23.8. The minimum Gasteiger partial charge on any atom is -0.310 e. The number of para-hydroxylation sites is 2. The van der Waals surface area contributed by atoms with E-state index in [0.717, 1.165) is 63.3 Å². The summed E-state index contributed by atoms with van der Waals surface area (Å²) in [4.78, 5) is 12.7. The third kappa shape index (κ3) is 5.18. The fraction of sp³-hybridized carbons (Fsp3) is 0.647. The smallest absolute Gasteiger partial charge is 0.0502 e. The molecule has 5 saturated carbocycles. The van der Waals surface area contributed by atoms with Crippen molar-refractivity contribution in [1.82, 2.24) is 14.7 Å². The minimum absolute atomic E-state index is 0.0303. The highest BCUT2D eigenvalue weighted by molar-refractivity contribution is 8.00. The molecule has 13 rings (SSSR count). The molecule has 4 saturated heterocycles. The maximum absolute atomic E-state index is 3.40. The molecule has 12 atom stereocenters. The lowest BCUT2D eigenvalue weighted by molar-refractivity contribution is -0.210. The van der Waals surface area contributed by atoms with Crippen LogP contribution in [-0.2, 0) is 5.41 Å². The van der Waals surface area contributed by atoms with E-state index in [1.807, 2.05) is 0 Å². The molecule has 57 heavy (non-hydrogen) atoms. The van der Waals surface area contributed by atoms with Gasteiger partial charge in [0.25, 0.3) is 0 Å². The summed E-state index contributed by atoms with van der Waals surface area (Å²) < 4.78 is 0. The molecule has 3 aromatic rings. The van der Waals surface area contributed by atoms with E-state index < -0.39 is 0 Å². The molecule has 4 nitrogen and oxygen atoms in total. The van der Waals surface area contributed by atoms with Gasteiger partial charge in [0.2, 0.25) is 0 Å². The molecule has 3 aromatic carbocycles. The monoisotopic (exact) mass is 796 g/mol. The van der Waals surface area contributed by atoms with Crippen molar-refractivity contribution in [1.29, 1.82) is 0 Å². The molecule has 5 aliphatic heterocycles. The lowest BCUT2D eigenvalue weighted by atomic mass is 9.64. The van der Waals surface area contributed by atoms with E-state index in [-0.39, 0.29) is 5.41 Å². The first-order chi connectivity index (χ1) is 28.0. The second-order valence-electron chi connectivity index (χ2n) is 20.8. The van der Waals surface area contributed by atoms with E-state index in [1.54, 1.807) is 5.56 Å². The Morgan fingerprint density at radius 3 is 1.46 bits per heavy atom. The Kier molecular flexibility index (Phi) is 8.48. The van der Waals surface area contributed by atoms with Gasteiger partial charge in [-0.3, -0.25) is 14.7 Å². The number of benzene rings is 3. The Balaban J connectivity index is 0.920. The van der Waals surface area contributed by atoms with Crippen LogP contribution in [0.25, 0.3) is 0 Å². The molecule has 12 unspecified atom stereocenters. The molecule has 0 aromatic heterocycles. The van der Waals surface area contributed by atoms with Gasteiger partial charge in [-0.2, -0.15) is 23.5 Å². The average Bonchev–Trinajstić information content (AvgIpc) is 3.25. The van der Waals surface area contributed by atoms with Crippen LogP contribution in [-0.4, -0.2) is 90.1 Å². The first-order valence-corrected chi connectivity index (χ1v) is 25.7. The van der Waals surface area contributed by atoms with Crippen LogP contribution in [0.2, 0.25) is 0 Å². The SMILES string of the molecule is CC1(C)c2ccccc2N(c2ccc(C3CC4C5C(C3)N3C6CCCCC6SC6CCCC(C63)N5C3CCCC5SC6CCCCC6N4C53)cc2)c2ccccc21. The topological polar surface area (TPSA) is 13.0 Å². The minimum atomic E-state index is -0.0303. The summed E-state index contributed by atoms with van der Waals surface area (Å²) in [6, 6.07) is 35.4. The number of fused-ring (bicyclic) bond motifs is 10. The van der Waals surface area contributed by atoms with Crippen molar-refractivity contribution in [2.24, 2.45) is 0 Å². The number of piperazine rings is 2. The molecule has 0 radical (unpaired) electrons. The number of rotatable bonds is 2. The first kappa shape index (κ1) is 35.8. The van der Waals surface area contributed by atoms with Crippen LogP contribution in [0.3, 0.4) is 0 Å². The second-order valence-corrected chi connectivity index (χ2v) is 23.8. The maximum Gasteiger partial charge on any atom is 0.0502 e. The average molecular weight is 797 g/mol. The molecule has 5 heterocycles. The molecule has 0 bridgehead atoms. The molecule has 0 N–H and O–H groups in total. The van der Waals surface area contributed by atoms with Crippen molar-refractivity contribution in [2.75, 3.05) is 4.90 Å². The number of thioether (sulfide) groups is 2. The zero-order valence-corrected chi connectivity index (χ0v) is 36.1. The van der Waals surface area contributed by atoms with Gasteiger partial charge in [0, 0.05) is 86.5 Å². The van der Waals surface area contributed by atoms with E-state index in [1.165, 1.54) is 131 Å².